The average Bonchev–Trinajstić information content (AvgIpc) is 3.03. The zero-order chi connectivity index (χ0) is 20.9. The molecule has 0 amide bonds. The van der Waals surface area contributed by atoms with Gasteiger partial charge in [0.05, 0.1) is 0 Å². The van der Waals surface area contributed by atoms with Crippen molar-refractivity contribution in [3.8, 4) is 11.5 Å². The van der Waals surface area contributed by atoms with E-state index in [1.807, 2.05) is 12.1 Å². The van der Waals surface area contributed by atoms with Crippen molar-refractivity contribution < 1.29 is 32.2 Å². The first-order chi connectivity index (χ1) is 14.5. The van der Waals surface area contributed by atoms with Gasteiger partial charge in [0.2, 0.25) is 0 Å². The van der Waals surface area contributed by atoms with E-state index in [9.17, 15) is 10.2 Å². The van der Waals surface area contributed by atoms with Gasteiger partial charge in [-0.05, 0) is 0 Å². The van der Waals surface area contributed by atoms with E-state index in [4.69, 9.17) is 4.74 Å². The molecule has 3 aliphatic carbocycles. The average molecular weight is 631 g/mol. The molecule has 0 spiro atoms. The number of aryl methyl sites for hydroxylation is 1. The Morgan fingerprint density at radius 1 is 1.13 bits per heavy atom. The van der Waals surface area contributed by atoms with E-state index >= 15 is 0 Å². The van der Waals surface area contributed by atoms with Gasteiger partial charge < -0.3 is 5.11 Å². The van der Waals surface area contributed by atoms with Gasteiger partial charge in [-0.1, -0.05) is 0 Å². The number of halogens is 2. The number of hydrogen-bond donors (Lipinski definition) is 2. The molecule has 0 aliphatic heterocycles. The van der Waals surface area contributed by atoms with Crippen LogP contribution in [0.1, 0.15) is 55.2 Å². The molecule has 2 fully saturated rings. The number of hydrogen-bond acceptors (Lipinski definition) is 3. The van der Waals surface area contributed by atoms with E-state index in [0.717, 1.165) is 37.9 Å². The van der Waals surface area contributed by atoms with E-state index in [-0.39, 0.29) is 34.9 Å². The van der Waals surface area contributed by atoms with Crippen LogP contribution in [0.25, 0.3) is 0 Å². The molecule has 0 aromatic heterocycles. The van der Waals surface area contributed by atoms with Crippen LogP contribution in [0.15, 0.2) is 42.5 Å². The van der Waals surface area contributed by atoms with Crippen molar-refractivity contribution in [3.63, 3.8) is 0 Å². The number of phenols is 1. The number of ether oxygens (including phenoxy) is 1. The zero-order valence-corrected chi connectivity index (χ0v) is 21.5. The summed E-state index contributed by atoms with van der Waals surface area (Å²) in [6.45, 7) is 2.29. The molecule has 0 radical (unpaired) electrons. The molecule has 0 unspecified atom stereocenters. The summed E-state index contributed by atoms with van der Waals surface area (Å²) in [5.74, 6) is 2.71. The Hall–Kier alpha value is -0.540. The summed E-state index contributed by atoms with van der Waals surface area (Å²) in [6.07, 6.45) is 4.86. The second kappa shape index (κ2) is 8.43. The Morgan fingerprint density at radius 3 is 2.70 bits per heavy atom. The van der Waals surface area contributed by atoms with Crippen molar-refractivity contribution in [2.24, 2.45) is 17.3 Å². The Balaban J connectivity index is 1.51. The maximum absolute atomic E-state index is 10.9. The Morgan fingerprint density at radius 2 is 1.93 bits per heavy atom. The molecule has 2 N–H and O–H groups in total. The number of alkyl halides is 1. The molecule has 162 valence electrons. The summed E-state index contributed by atoms with van der Waals surface area (Å²) >= 11 is 2.74. The van der Waals surface area contributed by atoms with Gasteiger partial charge in [0, 0.05) is 0 Å². The van der Waals surface area contributed by atoms with E-state index < -0.39 is 0 Å². The van der Waals surface area contributed by atoms with Gasteiger partial charge in [-0.25, -0.2) is 0 Å². The van der Waals surface area contributed by atoms with E-state index in [0.29, 0.717) is 23.5 Å². The number of fused-ring (bicyclic) bond motifs is 5. The third-order valence-corrected chi connectivity index (χ3v) is 11.1. The van der Waals surface area contributed by atoms with E-state index in [2.05, 4.69) is 55.9 Å². The second-order valence-electron chi connectivity index (χ2n) is 9.56. The molecular formula is C25H29I2O3-. The van der Waals surface area contributed by atoms with E-state index in [1.165, 1.54) is 21.1 Å². The molecule has 6 atom stereocenters. The van der Waals surface area contributed by atoms with Crippen molar-refractivity contribution in [1.82, 2.24) is 0 Å². The summed E-state index contributed by atoms with van der Waals surface area (Å²) in [4.78, 5) is 0. The van der Waals surface area contributed by atoms with Gasteiger partial charge in [0.15, 0.2) is 0 Å². The molecule has 5 rings (SSSR count). The monoisotopic (exact) mass is 631 g/mol. The van der Waals surface area contributed by atoms with Gasteiger partial charge in [-0.3, -0.25) is 0 Å². The Bertz CT molecular complexity index is 915. The quantitative estimate of drug-likeness (QED) is 0.404. The third kappa shape index (κ3) is 3.66. The Labute approximate surface area is 199 Å². The van der Waals surface area contributed by atoms with Crippen LogP contribution < -0.4 is 22.0 Å². The maximum atomic E-state index is 10.9. The number of benzene rings is 2. The molecular weight excluding hydrogens is 602 g/mol. The standard InChI is InChI=1S/C25H29I2O3/c1-25-13-22(30-18-6-2-15(3-7-18)14-27-26)24-19-9-5-17(28)12-16(19)4-8-20(24)21(25)10-11-23(25)29/h2-3,5-7,9,12,20-24,28-29H,4,8,10-11,13-14H2,1H3/q-1/t20-,21-,22-,23-,24+,25-/m0/s1. The fraction of sp³-hybridized carbons (Fsp3) is 0.520. The summed E-state index contributed by atoms with van der Waals surface area (Å²) in [5, 5.41) is 20.9. The van der Waals surface area contributed by atoms with Crippen LogP contribution in [0.4, 0.5) is 0 Å². The third-order valence-electron chi connectivity index (χ3n) is 8.03. The van der Waals surface area contributed by atoms with Gasteiger partial charge >= 0.3 is 195 Å². The van der Waals surface area contributed by atoms with Crippen LogP contribution in [-0.4, -0.2) is 22.4 Å². The van der Waals surface area contributed by atoms with Crippen molar-refractivity contribution in [1.29, 1.82) is 0 Å². The molecule has 30 heavy (non-hydrogen) atoms. The minimum absolute atomic E-state index is 0.0513. The molecule has 2 aromatic rings. The summed E-state index contributed by atoms with van der Waals surface area (Å²) in [7, 11) is 0. The van der Waals surface area contributed by atoms with Crippen LogP contribution in [-0.2, 0) is 10.8 Å². The number of aromatic hydroxyl groups is 1. The van der Waals surface area contributed by atoms with Crippen molar-refractivity contribution in [3.05, 3.63) is 59.2 Å². The number of aliphatic hydroxyl groups excluding tert-OH is 1. The summed E-state index contributed by atoms with van der Waals surface area (Å²) < 4.78 is 7.89. The fourth-order valence-electron chi connectivity index (χ4n) is 6.59. The van der Waals surface area contributed by atoms with Gasteiger partial charge in [0.1, 0.15) is 0 Å². The first kappa shape index (κ1) is 21.3. The molecule has 0 heterocycles. The molecule has 0 saturated heterocycles. The van der Waals surface area contributed by atoms with Crippen LogP contribution in [0, 0.1) is 17.3 Å². The number of aliphatic hydroxyl groups is 1. The van der Waals surface area contributed by atoms with Crippen molar-refractivity contribution >= 4 is 18.6 Å². The first-order valence-electron chi connectivity index (χ1n) is 11.0. The number of rotatable bonds is 4. The van der Waals surface area contributed by atoms with Crippen LogP contribution in [0.2, 0.25) is 0 Å². The van der Waals surface area contributed by atoms with E-state index in [1.54, 1.807) is 0 Å². The SMILES string of the molecule is C[C@]12C[C@H](Oc3ccc(C[I-]I)cc3)[C@@H]3c4ccc(O)cc4CC[C@H]3[C@@H]1CC[C@@H]2O. The predicted molar refractivity (Wildman–Crippen MR) is 123 cm³/mol. The van der Waals surface area contributed by atoms with Crippen LogP contribution in [0.3, 0.4) is 0 Å². The minimum atomic E-state index is -0.231. The van der Waals surface area contributed by atoms with Gasteiger partial charge in [-0.15, -0.1) is 0 Å². The van der Waals surface area contributed by atoms with Crippen LogP contribution in [0.5, 0.6) is 11.5 Å². The van der Waals surface area contributed by atoms with Gasteiger partial charge in [0.25, 0.3) is 0 Å². The second-order valence-corrected chi connectivity index (χ2v) is 14.8. The molecule has 3 nitrogen and oxygen atoms in total. The van der Waals surface area contributed by atoms with Crippen molar-refractivity contribution in [2.75, 3.05) is 0 Å². The summed E-state index contributed by atoms with van der Waals surface area (Å²) in [5.41, 5.74) is 3.95. The molecule has 3 aliphatic rings. The molecule has 2 aromatic carbocycles. The van der Waals surface area contributed by atoms with Crippen LogP contribution >= 0.6 is 18.6 Å². The Kier molecular flexibility index (Phi) is 5.99. The molecule has 2 saturated carbocycles. The zero-order valence-electron chi connectivity index (χ0n) is 17.2. The van der Waals surface area contributed by atoms with Gasteiger partial charge in [-0.2, -0.15) is 0 Å². The first-order valence-corrected chi connectivity index (χ1v) is 18.8. The number of phenolic OH excluding ortho intramolecular Hbond substituents is 1. The molecule has 5 heteroatoms. The molecule has 0 bridgehead atoms. The normalized spacial score (nSPS) is 34.8. The predicted octanol–water partition coefficient (Wildman–Crippen LogP) is 2.61. The topological polar surface area (TPSA) is 49.7 Å². The summed E-state index contributed by atoms with van der Waals surface area (Å²) in [6, 6.07) is 14.6. The fourth-order valence-corrected chi connectivity index (χ4v) is 9.67. The van der Waals surface area contributed by atoms with Crippen molar-refractivity contribution in [2.45, 2.75) is 61.6 Å².